The number of nitrogens with one attached hydrogen (secondary N) is 1. The summed E-state index contributed by atoms with van der Waals surface area (Å²) in [6.45, 7) is 1.26. The number of methoxy groups -OCH3 is 2. The molecule has 1 N–H and O–H groups in total. The van der Waals surface area contributed by atoms with Crippen molar-refractivity contribution in [3.63, 3.8) is 0 Å². The van der Waals surface area contributed by atoms with E-state index in [1.807, 2.05) is 0 Å². The summed E-state index contributed by atoms with van der Waals surface area (Å²) in [6.07, 6.45) is 0.132. The molecular weight excluding hydrogens is 376 g/mol. The fraction of sp³-hybridized carbons (Fsp3) is 0.333. The van der Waals surface area contributed by atoms with E-state index in [9.17, 15) is 9.59 Å². The standard InChI is InChI=1S/C21H22N2O6/c1-26-15-4-6-17(27-2)16(11-15)22-21(25)13-9-20(24)23(12-13)14-3-5-18-19(10-14)29-8-7-28-18/h3-6,10-11,13H,7-9,12H2,1-2H3,(H,22,25)/t13-/m1/s1. The average Bonchev–Trinajstić information content (AvgIpc) is 3.15. The van der Waals surface area contributed by atoms with Crippen LogP contribution >= 0.6 is 0 Å². The molecule has 1 fully saturated rings. The average molecular weight is 398 g/mol. The molecule has 1 saturated heterocycles. The van der Waals surface area contributed by atoms with E-state index >= 15 is 0 Å². The lowest BCUT2D eigenvalue weighted by Gasteiger charge is -2.22. The zero-order valence-electron chi connectivity index (χ0n) is 16.3. The van der Waals surface area contributed by atoms with Crippen molar-refractivity contribution >= 4 is 23.2 Å². The van der Waals surface area contributed by atoms with Crippen LogP contribution in [0.25, 0.3) is 0 Å². The number of anilines is 2. The van der Waals surface area contributed by atoms with Crippen LogP contribution in [0.5, 0.6) is 23.0 Å². The van der Waals surface area contributed by atoms with Crippen LogP contribution in [-0.4, -0.2) is 45.8 Å². The third-order valence-electron chi connectivity index (χ3n) is 5.00. The van der Waals surface area contributed by atoms with Crippen molar-refractivity contribution in [3.8, 4) is 23.0 Å². The summed E-state index contributed by atoms with van der Waals surface area (Å²) >= 11 is 0. The number of rotatable bonds is 5. The Labute approximate surface area is 168 Å². The number of hydrogen-bond acceptors (Lipinski definition) is 6. The van der Waals surface area contributed by atoms with E-state index in [1.54, 1.807) is 48.4 Å². The number of carbonyl (C=O) groups is 2. The van der Waals surface area contributed by atoms with Gasteiger partial charge >= 0.3 is 0 Å². The Morgan fingerprint density at radius 2 is 1.86 bits per heavy atom. The molecule has 0 saturated carbocycles. The van der Waals surface area contributed by atoms with E-state index in [-0.39, 0.29) is 24.8 Å². The van der Waals surface area contributed by atoms with Crippen LogP contribution in [0.15, 0.2) is 36.4 Å². The Bertz CT molecular complexity index is 945. The first-order valence-corrected chi connectivity index (χ1v) is 9.32. The summed E-state index contributed by atoms with van der Waals surface area (Å²) in [6, 6.07) is 10.5. The van der Waals surface area contributed by atoms with E-state index in [0.29, 0.717) is 47.6 Å². The molecule has 2 heterocycles. The quantitative estimate of drug-likeness (QED) is 0.833. The molecule has 0 aliphatic carbocycles. The first kappa shape index (κ1) is 18.9. The van der Waals surface area contributed by atoms with Crippen LogP contribution in [0, 0.1) is 5.92 Å². The van der Waals surface area contributed by atoms with Crippen molar-refractivity contribution < 1.29 is 28.5 Å². The zero-order valence-corrected chi connectivity index (χ0v) is 16.3. The van der Waals surface area contributed by atoms with Gasteiger partial charge in [-0.15, -0.1) is 0 Å². The number of fused-ring (bicyclic) bond motifs is 1. The Morgan fingerprint density at radius 1 is 1.07 bits per heavy atom. The van der Waals surface area contributed by atoms with Crippen molar-refractivity contribution in [1.29, 1.82) is 0 Å². The van der Waals surface area contributed by atoms with Gasteiger partial charge in [-0.2, -0.15) is 0 Å². The van der Waals surface area contributed by atoms with E-state index in [0.717, 1.165) is 0 Å². The van der Waals surface area contributed by atoms with Gasteiger partial charge in [0.25, 0.3) is 0 Å². The van der Waals surface area contributed by atoms with Gasteiger partial charge in [0, 0.05) is 30.8 Å². The third kappa shape index (κ3) is 3.78. The van der Waals surface area contributed by atoms with Crippen LogP contribution in [-0.2, 0) is 9.59 Å². The molecule has 2 aliphatic rings. The minimum atomic E-state index is -0.480. The monoisotopic (exact) mass is 398 g/mol. The molecule has 0 aromatic heterocycles. The first-order valence-electron chi connectivity index (χ1n) is 9.32. The molecule has 0 radical (unpaired) electrons. The van der Waals surface area contributed by atoms with Crippen LogP contribution in [0.4, 0.5) is 11.4 Å². The molecule has 29 heavy (non-hydrogen) atoms. The van der Waals surface area contributed by atoms with Crippen LogP contribution in [0.3, 0.4) is 0 Å². The van der Waals surface area contributed by atoms with Crippen LogP contribution in [0.1, 0.15) is 6.42 Å². The predicted octanol–water partition coefficient (Wildman–Crippen LogP) is 2.47. The highest BCUT2D eigenvalue weighted by atomic mass is 16.6. The fourth-order valence-corrected chi connectivity index (χ4v) is 3.48. The van der Waals surface area contributed by atoms with Crippen molar-refractivity contribution in [1.82, 2.24) is 0 Å². The van der Waals surface area contributed by atoms with E-state index in [2.05, 4.69) is 5.32 Å². The number of carbonyl (C=O) groups excluding carboxylic acids is 2. The molecule has 8 nitrogen and oxygen atoms in total. The maximum atomic E-state index is 12.8. The molecule has 152 valence electrons. The highest BCUT2D eigenvalue weighted by Crippen LogP contribution is 2.36. The SMILES string of the molecule is COc1ccc(OC)c(NC(=O)[C@@H]2CC(=O)N(c3ccc4c(c3)OCCO4)C2)c1. The second kappa shape index (κ2) is 7.90. The fourth-order valence-electron chi connectivity index (χ4n) is 3.48. The summed E-state index contributed by atoms with van der Waals surface area (Å²) in [7, 11) is 3.08. The van der Waals surface area contributed by atoms with Crippen molar-refractivity contribution in [3.05, 3.63) is 36.4 Å². The summed E-state index contributed by atoms with van der Waals surface area (Å²) in [4.78, 5) is 27.0. The number of hydrogen-bond donors (Lipinski definition) is 1. The lowest BCUT2D eigenvalue weighted by molar-refractivity contribution is -0.122. The van der Waals surface area contributed by atoms with Crippen molar-refractivity contribution in [2.75, 3.05) is 44.2 Å². The van der Waals surface area contributed by atoms with Crippen molar-refractivity contribution in [2.24, 2.45) is 5.92 Å². The summed E-state index contributed by atoms with van der Waals surface area (Å²) < 4.78 is 21.6. The van der Waals surface area contributed by atoms with E-state index in [4.69, 9.17) is 18.9 Å². The van der Waals surface area contributed by atoms with Gasteiger partial charge in [-0.05, 0) is 24.3 Å². The Morgan fingerprint density at radius 3 is 2.62 bits per heavy atom. The lowest BCUT2D eigenvalue weighted by Crippen LogP contribution is -2.28. The molecule has 8 heteroatoms. The maximum Gasteiger partial charge on any atom is 0.229 e. The summed E-state index contributed by atoms with van der Waals surface area (Å²) in [5, 5.41) is 2.85. The van der Waals surface area contributed by atoms with Gasteiger partial charge in [0.2, 0.25) is 11.8 Å². The van der Waals surface area contributed by atoms with Gasteiger partial charge in [-0.25, -0.2) is 0 Å². The maximum absolute atomic E-state index is 12.8. The van der Waals surface area contributed by atoms with Crippen LogP contribution < -0.4 is 29.2 Å². The summed E-state index contributed by atoms with van der Waals surface area (Å²) in [5.74, 6) is 1.55. The second-order valence-corrected chi connectivity index (χ2v) is 6.79. The third-order valence-corrected chi connectivity index (χ3v) is 5.00. The minimum absolute atomic E-state index is 0.112. The largest absolute Gasteiger partial charge is 0.497 e. The molecule has 2 aliphatic heterocycles. The second-order valence-electron chi connectivity index (χ2n) is 6.79. The predicted molar refractivity (Wildman–Crippen MR) is 106 cm³/mol. The molecule has 2 aromatic carbocycles. The molecule has 0 spiro atoms. The highest BCUT2D eigenvalue weighted by molar-refractivity contribution is 6.04. The number of benzene rings is 2. The minimum Gasteiger partial charge on any atom is -0.497 e. The number of nitrogens with zero attached hydrogens (tertiary/aromatic N) is 1. The van der Waals surface area contributed by atoms with Crippen molar-refractivity contribution in [2.45, 2.75) is 6.42 Å². The number of ether oxygens (including phenoxy) is 4. The molecule has 0 unspecified atom stereocenters. The molecular formula is C21H22N2O6. The first-order chi connectivity index (χ1) is 14.1. The van der Waals surface area contributed by atoms with Gasteiger partial charge in [0.15, 0.2) is 11.5 Å². The Balaban J connectivity index is 1.49. The van der Waals surface area contributed by atoms with E-state index < -0.39 is 5.92 Å². The highest BCUT2D eigenvalue weighted by Gasteiger charge is 2.36. The van der Waals surface area contributed by atoms with Gasteiger partial charge in [0.1, 0.15) is 24.7 Å². The van der Waals surface area contributed by atoms with Gasteiger partial charge in [0.05, 0.1) is 25.8 Å². The van der Waals surface area contributed by atoms with Gasteiger partial charge in [-0.1, -0.05) is 0 Å². The molecule has 4 rings (SSSR count). The molecule has 2 aromatic rings. The molecule has 1 atom stereocenters. The van der Waals surface area contributed by atoms with Crippen LogP contribution in [0.2, 0.25) is 0 Å². The molecule has 0 bridgehead atoms. The topological polar surface area (TPSA) is 86.3 Å². The smallest absolute Gasteiger partial charge is 0.229 e. The van der Waals surface area contributed by atoms with Gasteiger partial charge in [-0.3, -0.25) is 9.59 Å². The molecule has 2 amide bonds. The zero-order chi connectivity index (χ0) is 20.4. The summed E-state index contributed by atoms with van der Waals surface area (Å²) in [5.41, 5.74) is 1.19. The van der Waals surface area contributed by atoms with Gasteiger partial charge < -0.3 is 29.2 Å². The lowest BCUT2D eigenvalue weighted by atomic mass is 10.1. The van der Waals surface area contributed by atoms with E-state index in [1.165, 1.54) is 7.11 Å². The number of amides is 2. The Kier molecular flexibility index (Phi) is 5.16. The Hall–Kier alpha value is -3.42. The normalized spacial score (nSPS) is 17.8.